The minimum atomic E-state index is -0.555. The second-order valence-corrected chi connectivity index (χ2v) is 7.87. The van der Waals surface area contributed by atoms with Gasteiger partial charge in [-0.25, -0.2) is 0 Å². The van der Waals surface area contributed by atoms with Crippen LogP contribution in [-0.4, -0.2) is 25.0 Å². The van der Waals surface area contributed by atoms with E-state index in [9.17, 15) is 14.9 Å². The average molecular weight is 490 g/mol. The van der Waals surface area contributed by atoms with Crippen LogP contribution in [-0.2, 0) is 9.59 Å². The van der Waals surface area contributed by atoms with Crippen molar-refractivity contribution in [2.45, 2.75) is 13.8 Å². The molecule has 0 spiro atoms. The zero-order chi connectivity index (χ0) is 25.2. The number of ether oxygens (including phenoxy) is 2. The fourth-order valence-electron chi connectivity index (χ4n) is 3.17. The van der Waals surface area contributed by atoms with Crippen LogP contribution >= 0.6 is 11.6 Å². The van der Waals surface area contributed by atoms with Crippen molar-refractivity contribution in [1.29, 1.82) is 5.26 Å². The summed E-state index contributed by atoms with van der Waals surface area (Å²) in [5.41, 5.74) is 2.60. The summed E-state index contributed by atoms with van der Waals surface area (Å²) >= 11 is 6.42. The Morgan fingerprint density at radius 1 is 1.00 bits per heavy atom. The van der Waals surface area contributed by atoms with Crippen molar-refractivity contribution in [3.63, 3.8) is 0 Å². The fourth-order valence-corrected chi connectivity index (χ4v) is 3.44. The quantitative estimate of drug-likeness (QED) is 0.300. The summed E-state index contributed by atoms with van der Waals surface area (Å²) in [6.45, 7) is 3.75. The maximum Gasteiger partial charge on any atom is 0.266 e. The van der Waals surface area contributed by atoms with Crippen LogP contribution in [0.25, 0.3) is 6.08 Å². The Hall–Kier alpha value is -4.28. The van der Waals surface area contributed by atoms with Gasteiger partial charge in [0.05, 0.1) is 11.6 Å². The van der Waals surface area contributed by atoms with E-state index in [1.165, 1.54) is 12.1 Å². The van der Waals surface area contributed by atoms with Gasteiger partial charge < -0.3 is 20.1 Å². The number of nitriles is 1. The molecule has 0 unspecified atom stereocenters. The molecule has 3 aromatic carbocycles. The Morgan fingerprint density at radius 3 is 2.43 bits per heavy atom. The van der Waals surface area contributed by atoms with Crippen molar-refractivity contribution in [2.75, 3.05) is 23.8 Å². The number of nitrogens with one attached hydrogen (secondary N) is 2. The summed E-state index contributed by atoms with van der Waals surface area (Å²) in [4.78, 5) is 24.9. The number of nitrogens with zero attached hydrogens (tertiary/aromatic N) is 1. The second-order valence-electron chi connectivity index (χ2n) is 7.46. The summed E-state index contributed by atoms with van der Waals surface area (Å²) in [5, 5.41) is 15.1. The Morgan fingerprint density at radius 2 is 1.74 bits per heavy atom. The molecular formula is C27H24ClN3O4. The summed E-state index contributed by atoms with van der Waals surface area (Å²) in [7, 11) is 0. The highest BCUT2D eigenvalue weighted by molar-refractivity contribution is 6.32. The third-order valence-corrected chi connectivity index (χ3v) is 4.97. The van der Waals surface area contributed by atoms with Gasteiger partial charge in [-0.05, 0) is 67.4 Å². The van der Waals surface area contributed by atoms with Gasteiger partial charge in [-0.2, -0.15) is 5.26 Å². The molecule has 3 aromatic rings. The van der Waals surface area contributed by atoms with Gasteiger partial charge in [-0.1, -0.05) is 41.9 Å². The van der Waals surface area contributed by atoms with Gasteiger partial charge in [0.25, 0.3) is 11.8 Å². The fraction of sp³-hybridized carbons (Fsp3) is 0.148. The van der Waals surface area contributed by atoms with E-state index in [1.54, 1.807) is 43.3 Å². The van der Waals surface area contributed by atoms with Crippen molar-refractivity contribution in [3.05, 3.63) is 88.5 Å². The number of amides is 2. The van der Waals surface area contributed by atoms with Crippen LogP contribution in [0.3, 0.4) is 0 Å². The number of hydrogen-bond donors (Lipinski definition) is 2. The number of benzene rings is 3. The van der Waals surface area contributed by atoms with Gasteiger partial charge in [-0.3, -0.25) is 9.59 Å². The van der Waals surface area contributed by atoms with Crippen molar-refractivity contribution in [1.82, 2.24) is 0 Å². The van der Waals surface area contributed by atoms with Crippen LogP contribution < -0.4 is 20.1 Å². The number of anilines is 2. The Kier molecular flexibility index (Phi) is 8.88. The van der Waals surface area contributed by atoms with Gasteiger partial charge in [0.1, 0.15) is 11.6 Å². The molecule has 3 rings (SSSR count). The molecule has 35 heavy (non-hydrogen) atoms. The van der Waals surface area contributed by atoms with E-state index in [0.29, 0.717) is 23.5 Å². The van der Waals surface area contributed by atoms with Gasteiger partial charge in [0.2, 0.25) is 0 Å². The SMILES string of the molecule is CCOc1cc(/C=C(\C#N)C(=O)Nc2ccccc2)cc(Cl)c1OCC(=O)Nc1cccc(C)c1. The summed E-state index contributed by atoms with van der Waals surface area (Å²) in [5.74, 6) is -0.434. The minimum absolute atomic E-state index is 0.112. The number of halogens is 1. The van der Waals surface area contributed by atoms with Crippen LogP contribution in [0.4, 0.5) is 11.4 Å². The first-order chi connectivity index (χ1) is 16.9. The zero-order valence-corrected chi connectivity index (χ0v) is 20.1. The number of carbonyl (C=O) groups is 2. The molecule has 2 N–H and O–H groups in total. The van der Waals surface area contributed by atoms with Crippen LogP contribution in [0, 0.1) is 18.3 Å². The first-order valence-electron chi connectivity index (χ1n) is 10.8. The number of carbonyl (C=O) groups excluding carboxylic acids is 2. The molecular weight excluding hydrogens is 466 g/mol. The van der Waals surface area contributed by atoms with E-state index in [1.807, 2.05) is 37.3 Å². The summed E-state index contributed by atoms with van der Waals surface area (Å²) < 4.78 is 11.3. The molecule has 0 bridgehead atoms. The standard InChI is InChI=1S/C27H24ClN3O4/c1-3-34-24-15-19(13-20(16-29)27(33)31-21-9-5-4-6-10-21)14-23(28)26(24)35-17-25(32)30-22-11-7-8-18(2)12-22/h4-15H,3,17H2,1-2H3,(H,30,32)(H,31,33)/b20-13+. The van der Waals surface area contributed by atoms with E-state index in [4.69, 9.17) is 21.1 Å². The van der Waals surface area contributed by atoms with Gasteiger partial charge in [0.15, 0.2) is 18.1 Å². The lowest BCUT2D eigenvalue weighted by atomic mass is 10.1. The molecule has 0 radical (unpaired) electrons. The largest absolute Gasteiger partial charge is 0.490 e. The third kappa shape index (κ3) is 7.36. The molecule has 0 heterocycles. The van der Waals surface area contributed by atoms with Crippen LogP contribution in [0.2, 0.25) is 5.02 Å². The molecule has 2 amide bonds. The number of hydrogen-bond acceptors (Lipinski definition) is 5. The first kappa shape index (κ1) is 25.3. The number of para-hydroxylation sites is 1. The molecule has 0 aromatic heterocycles. The molecule has 0 aliphatic heterocycles. The number of aryl methyl sites for hydroxylation is 1. The highest BCUT2D eigenvalue weighted by atomic mass is 35.5. The van der Waals surface area contributed by atoms with Gasteiger partial charge >= 0.3 is 0 Å². The van der Waals surface area contributed by atoms with Gasteiger partial charge in [0, 0.05) is 11.4 Å². The molecule has 0 saturated heterocycles. The first-order valence-corrected chi connectivity index (χ1v) is 11.2. The van der Waals surface area contributed by atoms with Crippen molar-refractivity contribution < 1.29 is 19.1 Å². The minimum Gasteiger partial charge on any atom is -0.490 e. The van der Waals surface area contributed by atoms with Crippen LogP contribution in [0.1, 0.15) is 18.1 Å². The van der Waals surface area contributed by atoms with Crippen molar-refractivity contribution in [2.24, 2.45) is 0 Å². The lowest BCUT2D eigenvalue weighted by Gasteiger charge is -2.15. The maximum atomic E-state index is 12.5. The van der Waals surface area contributed by atoms with E-state index in [0.717, 1.165) is 5.56 Å². The molecule has 0 fully saturated rings. The molecule has 0 saturated carbocycles. The van der Waals surface area contributed by atoms with Crippen molar-refractivity contribution >= 4 is 40.9 Å². The predicted molar refractivity (Wildman–Crippen MR) is 137 cm³/mol. The Balaban J connectivity index is 1.76. The Bertz CT molecular complexity index is 1280. The maximum absolute atomic E-state index is 12.5. The van der Waals surface area contributed by atoms with Crippen LogP contribution in [0.5, 0.6) is 11.5 Å². The normalized spacial score (nSPS) is 10.7. The summed E-state index contributed by atoms with van der Waals surface area (Å²) in [6, 6.07) is 21.3. The predicted octanol–water partition coefficient (Wildman–Crippen LogP) is 5.61. The second kappa shape index (κ2) is 12.3. The molecule has 178 valence electrons. The van der Waals surface area contributed by atoms with E-state index >= 15 is 0 Å². The monoisotopic (exact) mass is 489 g/mol. The number of rotatable bonds is 9. The topological polar surface area (TPSA) is 100 Å². The highest BCUT2D eigenvalue weighted by Gasteiger charge is 2.16. The third-order valence-electron chi connectivity index (χ3n) is 4.69. The van der Waals surface area contributed by atoms with E-state index in [2.05, 4.69) is 10.6 Å². The molecule has 0 aliphatic carbocycles. The highest BCUT2D eigenvalue weighted by Crippen LogP contribution is 2.37. The lowest BCUT2D eigenvalue weighted by molar-refractivity contribution is -0.118. The van der Waals surface area contributed by atoms with E-state index in [-0.39, 0.29) is 34.6 Å². The zero-order valence-electron chi connectivity index (χ0n) is 19.3. The molecule has 8 heteroatoms. The van der Waals surface area contributed by atoms with Gasteiger partial charge in [-0.15, -0.1) is 0 Å². The van der Waals surface area contributed by atoms with Crippen LogP contribution in [0.15, 0.2) is 72.3 Å². The Labute approximate surface area is 208 Å². The smallest absolute Gasteiger partial charge is 0.266 e. The molecule has 0 aliphatic rings. The average Bonchev–Trinajstić information content (AvgIpc) is 2.82. The van der Waals surface area contributed by atoms with E-state index < -0.39 is 5.91 Å². The summed E-state index contributed by atoms with van der Waals surface area (Å²) in [6.07, 6.45) is 1.40. The lowest BCUT2D eigenvalue weighted by Crippen LogP contribution is -2.20. The molecule has 0 atom stereocenters. The molecule has 7 nitrogen and oxygen atoms in total. The van der Waals surface area contributed by atoms with Crippen molar-refractivity contribution in [3.8, 4) is 17.6 Å².